The maximum absolute atomic E-state index is 13.0. The molecule has 4 nitrogen and oxygen atoms in total. The van der Waals surface area contributed by atoms with E-state index in [0.29, 0.717) is 16.8 Å². The zero-order chi connectivity index (χ0) is 19.0. The van der Waals surface area contributed by atoms with Gasteiger partial charge in [0.2, 0.25) is 0 Å². The molecule has 1 aromatic heterocycles. The van der Waals surface area contributed by atoms with E-state index in [1.165, 1.54) is 11.0 Å². The van der Waals surface area contributed by atoms with Crippen molar-refractivity contribution in [2.75, 3.05) is 10.2 Å². The number of carbonyl (C=O) groups is 1. The van der Waals surface area contributed by atoms with E-state index in [1.54, 1.807) is 54.9 Å². The maximum Gasteiger partial charge on any atom is 0.416 e. The fraction of sp³-hybridized carbons (Fsp3) is 0.100. The first-order chi connectivity index (χ1) is 12.9. The number of amides is 1. The number of pyridine rings is 1. The summed E-state index contributed by atoms with van der Waals surface area (Å²) in [7, 11) is 0. The minimum absolute atomic E-state index is 0.233. The number of fused-ring (bicyclic) bond motifs is 1. The number of rotatable bonds is 3. The molecule has 1 aliphatic heterocycles. The summed E-state index contributed by atoms with van der Waals surface area (Å²) in [5.74, 6) is -0.233. The highest BCUT2D eigenvalue weighted by molar-refractivity contribution is 6.11. The van der Waals surface area contributed by atoms with Gasteiger partial charge in [0.1, 0.15) is 6.17 Å². The molecule has 0 fully saturated rings. The van der Waals surface area contributed by atoms with E-state index >= 15 is 0 Å². The fourth-order valence-corrected chi connectivity index (χ4v) is 3.16. The van der Waals surface area contributed by atoms with Gasteiger partial charge in [0, 0.05) is 23.0 Å². The predicted molar refractivity (Wildman–Crippen MR) is 95.3 cm³/mol. The number of hydrogen-bond acceptors (Lipinski definition) is 3. The highest BCUT2D eigenvalue weighted by Gasteiger charge is 2.38. The summed E-state index contributed by atoms with van der Waals surface area (Å²) in [5, 5.41) is 3.07. The van der Waals surface area contributed by atoms with Crippen molar-refractivity contribution in [3.63, 3.8) is 0 Å². The van der Waals surface area contributed by atoms with Gasteiger partial charge in [-0.1, -0.05) is 24.3 Å². The molecule has 0 bridgehead atoms. The second-order valence-electron chi connectivity index (χ2n) is 6.10. The van der Waals surface area contributed by atoms with Crippen molar-refractivity contribution in [3.05, 3.63) is 89.7 Å². The summed E-state index contributed by atoms with van der Waals surface area (Å²) in [6, 6.07) is 15.4. The molecule has 27 heavy (non-hydrogen) atoms. The molecule has 1 aliphatic rings. The van der Waals surface area contributed by atoms with Gasteiger partial charge in [-0.2, -0.15) is 13.2 Å². The van der Waals surface area contributed by atoms with E-state index in [4.69, 9.17) is 0 Å². The maximum atomic E-state index is 13.0. The van der Waals surface area contributed by atoms with Crippen molar-refractivity contribution in [1.29, 1.82) is 0 Å². The molecule has 7 heteroatoms. The summed E-state index contributed by atoms with van der Waals surface area (Å²) < 4.78 is 39.1. The topological polar surface area (TPSA) is 45.2 Å². The minimum atomic E-state index is -4.44. The lowest BCUT2D eigenvalue weighted by Gasteiger charge is -2.27. The minimum Gasteiger partial charge on any atom is -0.361 e. The average Bonchev–Trinajstić information content (AvgIpc) is 2.94. The van der Waals surface area contributed by atoms with Gasteiger partial charge >= 0.3 is 6.18 Å². The Hall–Kier alpha value is -3.35. The number of benzene rings is 2. The summed E-state index contributed by atoms with van der Waals surface area (Å²) in [6.45, 7) is 0. The summed E-state index contributed by atoms with van der Waals surface area (Å²) in [6.07, 6.45) is -1.94. The smallest absolute Gasteiger partial charge is 0.361 e. The van der Waals surface area contributed by atoms with E-state index < -0.39 is 17.9 Å². The average molecular weight is 369 g/mol. The molecule has 0 unspecified atom stereocenters. The summed E-state index contributed by atoms with van der Waals surface area (Å²) in [5.41, 5.74) is 1.28. The molecule has 2 aromatic carbocycles. The van der Waals surface area contributed by atoms with Crippen molar-refractivity contribution >= 4 is 17.3 Å². The third kappa shape index (κ3) is 3.12. The SMILES string of the molecule is O=C1c2ccccc2[C@@H](Nc2cccc(C(F)(F)F)c2)N1c1cccnc1. The van der Waals surface area contributed by atoms with E-state index in [2.05, 4.69) is 10.3 Å². The standard InChI is InChI=1S/C20H14F3N3O/c21-20(22,23)13-5-3-6-14(11-13)25-18-16-8-1-2-9-17(16)19(27)26(18)15-7-4-10-24-12-15/h1-12,18,25H/t18-/m0/s1. The van der Waals surface area contributed by atoms with Gasteiger partial charge in [-0.3, -0.25) is 14.7 Å². The number of nitrogens with zero attached hydrogens (tertiary/aromatic N) is 2. The van der Waals surface area contributed by atoms with Crippen LogP contribution in [-0.4, -0.2) is 10.9 Å². The fourth-order valence-electron chi connectivity index (χ4n) is 3.16. The molecule has 2 heterocycles. The predicted octanol–water partition coefficient (Wildman–Crippen LogP) is 4.87. The van der Waals surface area contributed by atoms with Crippen molar-refractivity contribution in [2.24, 2.45) is 0 Å². The number of hydrogen-bond donors (Lipinski definition) is 1. The Morgan fingerprint density at radius 3 is 2.56 bits per heavy atom. The van der Waals surface area contributed by atoms with Crippen LogP contribution in [0.3, 0.4) is 0 Å². The van der Waals surface area contributed by atoms with Gasteiger partial charge < -0.3 is 5.32 Å². The van der Waals surface area contributed by atoms with E-state index in [-0.39, 0.29) is 11.6 Å². The molecule has 0 saturated carbocycles. The molecule has 1 N–H and O–H groups in total. The van der Waals surface area contributed by atoms with Crippen LogP contribution in [0.4, 0.5) is 24.5 Å². The van der Waals surface area contributed by atoms with Crippen LogP contribution in [0, 0.1) is 0 Å². The van der Waals surface area contributed by atoms with Crippen LogP contribution >= 0.6 is 0 Å². The number of carbonyl (C=O) groups excluding carboxylic acids is 1. The first-order valence-corrected chi connectivity index (χ1v) is 8.21. The van der Waals surface area contributed by atoms with Gasteiger partial charge in [-0.05, 0) is 36.4 Å². The first-order valence-electron chi connectivity index (χ1n) is 8.21. The monoisotopic (exact) mass is 369 g/mol. The van der Waals surface area contributed by atoms with Crippen LogP contribution < -0.4 is 10.2 Å². The second-order valence-corrected chi connectivity index (χ2v) is 6.10. The van der Waals surface area contributed by atoms with Crippen molar-refractivity contribution in [1.82, 2.24) is 4.98 Å². The lowest BCUT2D eigenvalue weighted by atomic mass is 10.1. The Bertz CT molecular complexity index is 989. The lowest BCUT2D eigenvalue weighted by molar-refractivity contribution is -0.137. The van der Waals surface area contributed by atoms with Crippen molar-refractivity contribution in [2.45, 2.75) is 12.3 Å². The van der Waals surface area contributed by atoms with E-state index in [9.17, 15) is 18.0 Å². The molecule has 0 radical (unpaired) electrons. The zero-order valence-corrected chi connectivity index (χ0v) is 13.9. The third-order valence-electron chi connectivity index (χ3n) is 4.38. The summed E-state index contributed by atoms with van der Waals surface area (Å²) in [4.78, 5) is 18.4. The number of halogens is 3. The van der Waals surface area contributed by atoms with Gasteiger partial charge in [0.05, 0.1) is 17.4 Å². The number of aromatic nitrogens is 1. The molecule has 0 saturated heterocycles. The molecular weight excluding hydrogens is 355 g/mol. The van der Waals surface area contributed by atoms with Crippen molar-refractivity contribution < 1.29 is 18.0 Å². The highest BCUT2D eigenvalue weighted by Crippen LogP contribution is 2.38. The summed E-state index contributed by atoms with van der Waals surface area (Å²) >= 11 is 0. The van der Waals surface area contributed by atoms with Crippen LogP contribution in [-0.2, 0) is 6.18 Å². The largest absolute Gasteiger partial charge is 0.416 e. The molecule has 0 spiro atoms. The van der Waals surface area contributed by atoms with Crippen LogP contribution in [0.1, 0.15) is 27.7 Å². The Labute approximate surface area is 153 Å². The lowest BCUT2D eigenvalue weighted by Crippen LogP contribution is -2.32. The van der Waals surface area contributed by atoms with Gasteiger partial charge in [0.25, 0.3) is 5.91 Å². The first kappa shape index (κ1) is 17.1. The van der Waals surface area contributed by atoms with Crippen LogP contribution in [0.25, 0.3) is 0 Å². The molecule has 4 rings (SSSR count). The van der Waals surface area contributed by atoms with E-state index in [0.717, 1.165) is 12.1 Å². The zero-order valence-electron chi connectivity index (χ0n) is 13.9. The number of alkyl halides is 3. The Kier molecular flexibility index (Phi) is 4.07. The van der Waals surface area contributed by atoms with Gasteiger partial charge in [0.15, 0.2) is 0 Å². The van der Waals surface area contributed by atoms with Gasteiger partial charge in [-0.15, -0.1) is 0 Å². The molecule has 136 valence electrons. The number of nitrogens with one attached hydrogen (secondary N) is 1. The molecule has 0 aliphatic carbocycles. The second kappa shape index (κ2) is 6.42. The van der Waals surface area contributed by atoms with Crippen LogP contribution in [0.5, 0.6) is 0 Å². The number of anilines is 2. The Morgan fingerprint density at radius 1 is 1.00 bits per heavy atom. The highest BCUT2D eigenvalue weighted by atomic mass is 19.4. The van der Waals surface area contributed by atoms with E-state index in [1.807, 2.05) is 0 Å². The molecule has 1 amide bonds. The Morgan fingerprint density at radius 2 is 1.81 bits per heavy atom. The molecule has 3 aromatic rings. The quantitative estimate of drug-likeness (QED) is 0.716. The van der Waals surface area contributed by atoms with Crippen LogP contribution in [0.2, 0.25) is 0 Å². The molecular formula is C20H14F3N3O. The van der Waals surface area contributed by atoms with Gasteiger partial charge in [-0.25, -0.2) is 0 Å². The molecule has 1 atom stereocenters. The Balaban J connectivity index is 1.76. The van der Waals surface area contributed by atoms with Crippen molar-refractivity contribution in [3.8, 4) is 0 Å². The third-order valence-corrected chi connectivity index (χ3v) is 4.38. The van der Waals surface area contributed by atoms with Crippen LogP contribution in [0.15, 0.2) is 73.1 Å². The normalized spacial score (nSPS) is 16.3.